The number of aromatic nitrogens is 3. The number of halogens is 1. The number of hydrogen-bond donors (Lipinski definition) is 3. The summed E-state index contributed by atoms with van der Waals surface area (Å²) in [6.45, 7) is 0.824. The monoisotopic (exact) mass is 309 g/mol. The quantitative estimate of drug-likeness (QED) is 0.774. The van der Waals surface area contributed by atoms with Gasteiger partial charge in [-0.1, -0.05) is 16.8 Å². The second kappa shape index (κ2) is 6.71. The first kappa shape index (κ1) is 14.8. The predicted molar refractivity (Wildman–Crippen MR) is 75.5 cm³/mol. The Labute approximate surface area is 124 Å². The molecule has 3 N–H and O–H groups in total. The average Bonchev–Trinajstić information content (AvgIpc) is 2.91. The van der Waals surface area contributed by atoms with Crippen molar-refractivity contribution in [2.75, 3.05) is 11.9 Å². The molecule has 0 bridgehead atoms. The summed E-state index contributed by atoms with van der Waals surface area (Å²) >= 11 is 5.80. The minimum Gasteiger partial charge on any atom is -0.478 e. The van der Waals surface area contributed by atoms with Crippen molar-refractivity contribution in [2.45, 2.75) is 6.54 Å². The highest BCUT2D eigenvalue weighted by Gasteiger charge is 2.08. The molecule has 0 atom stereocenters. The molecule has 1 aromatic carbocycles. The van der Waals surface area contributed by atoms with Gasteiger partial charge in [0.2, 0.25) is 0 Å². The van der Waals surface area contributed by atoms with Gasteiger partial charge in [0.15, 0.2) is 0 Å². The number of aromatic carboxylic acids is 1. The van der Waals surface area contributed by atoms with Gasteiger partial charge in [-0.3, -0.25) is 4.68 Å². The average molecular weight is 310 g/mol. The summed E-state index contributed by atoms with van der Waals surface area (Å²) < 4.78 is 1.57. The number of anilines is 1. The fourth-order valence-electron chi connectivity index (χ4n) is 1.60. The molecule has 8 nitrogen and oxygen atoms in total. The number of nitrogens with one attached hydrogen (secondary N) is 2. The van der Waals surface area contributed by atoms with Crippen molar-refractivity contribution in [2.24, 2.45) is 0 Å². The number of urea groups is 1. The zero-order valence-corrected chi connectivity index (χ0v) is 11.5. The lowest BCUT2D eigenvalue weighted by Crippen LogP contribution is -2.31. The zero-order chi connectivity index (χ0) is 15.2. The number of carbonyl (C=O) groups is 2. The van der Waals surface area contributed by atoms with E-state index in [4.69, 9.17) is 16.7 Å². The maximum Gasteiger partial charge on any atom is 0.335 e. The lowest BCUT2D eigenvalue weighted by atomic mass is 10.2. The Morgan fingerprint density at radius 1 is 1.33 bits per heavy atom. The van der Waals surface area contributed by atoms with Gasteiger partial charge in [0, 0.05) is 23.5 Å². The normalized spacial score (nSPS) is 10.1. The molecule has 0 aliphatic carbocycles. The Balaban J connectivity index is 1.88. The van der Waals surface area contributed by atoms with Crippen LogP contribution in [0.25, 0.3) is 0 Å². The largest absolute Gasteiger partial charge is 0.478 e. The predicted octanol–water partition coefficient (Wildman–Crippen LogP) is 1.45. The number of hydrogen-bond acceptors (Lipinski definition) is 4. The zero-order valence-electron chi connectivity index (χ0n) is 10.8. The first-order chi connectivity index (χ1) is 10.0. The summed E-state index contributed by atoms with van der Waals surface area (Å²) in [6.07, 6.45) is 3.22. The van der Waals surface area contributed by atoms with Crippen molar-refractivity contribution in [3.63, 3.8) is 0 Å². The Morgan fingerprint density at radius 2 is 2.14 bits per heavy atom. The molecule has 0 fully saturated rings. The fraction of sp³-hybridized carbons (Fsp3) is 0.167. The summed E-state index contributed by atoms with van der Waals surface area (Å²) in [5.74, 6) is -1.12. The number of nitrogens with zero attached hydrogens (tertiary/aromatic N) is 3. The van der Waals surface area contributed by atoms with Crippen molar-refractivity contribution in [1.82, 2.24) is 20.3 Å². The molecule has 2 rings (SSSR count). The second-order valence-electron chi connectivity index (χ2n) is 4.08. The summed E-state index contributed by atoms with van der Waals surface area (Å²) in [5, 5.41) is 21.7. The van der Waals surface area contributed by atoms with Crippen LogP contribution in [-0.2, 0) is 6.54 Å². The lowest BCUT2D eigenvalue weighted by molar-refractivity contribution is 0.0697. The molecule has 0 spiro atoms. The molecule has 0 unspecified atom stereocenters. The van der Waals surface area contributed by atoms with E-state index in [-0.39, 0.29) is 10.6 Å². The molecule has 1 heterocycles. The third-order valence-electron chi connectivity index (χ3n) is 2.50. The molecule has 0 aliphatic heterocycles. The van der Waals surface area contributed by atoms with Crippen LogP contribution in [0.15, 0.2) is 30.6 Å². The van der Waals surface area contributed by atoms with Gasteiger partial charge in [-0.05, 0) is 18.2 Å². The van der Waals surface area contributed by atoms with Crippen LogP contribution in [0.3, 0.4) is 0 Å². The van der Waals surface area contributed by atoms with Gasteiger partial charge in [-0.2, -0.15) is 0 Å². The van der Waals surface area contributed by atoms with Crippen molar-refractivity contribution in [3.05, 3.63) is 41.2 Å². The molecule has 2 amide bonds. The summed E-state index contributed by atoms with van der Waals surface area (Å²) in [7, 11) is 0. The highest BCUT2D eigenvalue weighted by atomic mass is 35.5. The van der Waals surface area contributed by atoms with Crippen LogP contribution in [0.2, 0.25) is 5.02 Å². The lowest BCUT2D eigenvalue weighted by Gasteiger charge is -2.08. The standard InChI is InChI=1S/C12H12ClN5O3/c13-9-5-8(11(19)20)6-10(7-9)16-12(21)14-1-3-18-4-2-15-17-18/h2,4-7H,1,3H2,(H,19,20)(H2,14,16,21). The first-order valence-corrected chi connectivity index (χ1v) is 6.35. The molecule has 2 aromatic rings. The van der Waals surface area contributed by atoms with E-state index in [0.717, 1.165) is 0 Å². The number of carboxylic acid groups (broad SMARTS) is 1. The van der Waals surface area contributed by atoms with Gasteiger partial charge < -0.3 is 15.7 Å². The van der Waals surface area contributed by atoms with Gasteiger partial charge in [0.25, 0.3) is 0 Å². The minimum absolute atomic E-state index is 0.000385. The molecule has 0 saturated heterocycles. The molecular formula is C12H12ClN5O3. The van der Waals surface area contributed by atoms with Gasteiger partial charge in [-0.15, -0.1) is 5.10 Å². The van der Waals surface area contributed by atoms with E-state index in [0.29, 0.717) is 18.8 Å². The van der Waals surface area contributed by atoms with E-state index in [1.807, 2.05) is 0 Å². The van der Waals surface area contributed by atoms with Crippen LogP contribution in [0.5, 0.6) is 0 Å². The smallest absolute Gasteiger partial charge is 0.335 e. The van der Waals surface area contributed by atoms with E-state index in [1.54, 1.807) is 17.1 Å². The molecule has 1 aromatic heterocycles. The van der Waals surface area contributed by atoms with Crippen LogP contribution >= 0.6 is 11.6 Å². The molecule has 0 aliphatic rings. The first-order valence-electron chi connectivity index (χ1n) is 5.97. The third kappa shape index (κ3) is 4.46. The van der Waals surface area contributed by atoms with Crippen molar-refractivity contribution < 1.29 is 14.7 Å². The SMILES string of the molecule is O=C(NCCn1ccnn1)Nc1cc(Cl)cc(C(=O)O)c1. The maximum absolute atomic E-state index is 11.7. The topological polar surface area (TPSA) is 109 Å². The van der Waals surface area contributed by atoms with E-state index < -0.39 is 12.0 Å². The summed E-state index contributed by atoms with van der Waals surface area (Å²) in [5.41, 5.74) is 0.304. The molecule has 21 heavy (non-hydrogen) atoms. The number of rotatable bonds is 5. The van der Waals surface area contributed by atoms with E-state index in [1.165, 1.54) is 18.2 Å². The van der Waals surface area contributed by atoms with Gasteiger partial charge in [-0.25, -0.2) is 9.59 Å². The number of carbonyl (C=O) groups excluding carboxylic acids is 1. The number of carboxylic acids is 1. The fourth-order valence-corrected chi connectivity index (χ4v) is 1.83. The van der Waals surface area contributed by atoms with Crippen LogP contribution in [0.4, 0.5) is 10.5 Å². The number of amides is 2. The number of benzene rings is 1. The molecule has 9 heteroatoms. The summed E-state index contributed by atoms with van der Waals surface area (Å²) in [6, 6.07) is 3.63. The second-order valence-corrected chi connectivity index (χ2v) is 4.52. The Bertz CT molecular complexity index is 644. The van der Waals surface area contributed by atoms with Crippen LogP contribution in [0, 0.1) is 0 Å². The van der Waals surface area contributed by atoms with Crippen LogP contribution < -0.4 is 10.6 Å². The Morgan fingerprint density at radius 3 is 2.81 bits per heavy atom. The van der Waals surface area contributed by atoms with E-state index >= 15 is 0 Å². The maximum atomic E-state index is 11.7. The Hall–Kier alpha value is -2.61. The van der Waals surface area contributed by atoms with Crippen LogP contribution in [-0.4, -0.2) is 38.6 Å². The minimum atomic E-state index is -1.12. The molecule has 110 valence electrons. The van der Waals surface area contributed by atoms with Gasteiger partial charge >= 0.3 is 12.0 Å². The highest BCUT2D eigenvalue weighted by Crippen LogP contribution is 2.19. The Kier molecular flexibility index (Phi) is 4.72. The molecular weight excluding hydrogens is 298 g/mol. The van der Waals surface area contributed by atoms with Crippen molar-refractivity contribution >= 4 is 29.3 Å². The van der Waals surface area contributed by atoms with Crippen LogP contribution in [0.1, 0.15) is 10.4 Å². The third-order valence-corrected chi connectivity index (χ3v) is 2.72. The van der Waals surface area contributed by atoms with E-state index in [2.05, 4.69) is 20.9 Å². The van der Waals surface area contributed by atoms with Crippen molar-refractivity contribution in [1.29, 1.82) is 0 Å². The van der Waals surface area contributed by atoms with Crippen molar-refractivity contribution in [3.8, 4) is 0 Å². The van der Waals surface area contributed by atoms with Gasteiger partial charge in [0.05, 0.1) is 18.3 Å². The van der Waals surface area contributed by atoms with Gasteiger partial charge in [0.1, 0.15) is 0 Å². The summed E-state index contributed by atoms with van der Waals surface area (Å²) in [4.78, 5) is 22.6. The molecule has 0 saturated carbocycles. The highest BCUT2D eigenvalue weighted by molar-refractivity contribution is 6.31. The molecule has 0 radical (unpaired) electrons. The van der Waals surface area contributed by atoms with E-state index in [9.17, 15) is 9.59 Å².